The van der Waals surface area contributed by atoms with Crippen LogP contribution in [-0.2, 0) is 36.8 Å². The highest BCUT2D eigenvalue weighted by Gasteiger charge is 2.20. The SMILES string of the molecule is CC(=O)Nc1ccc(C2=CCN(C(=O)/C=C/c3cnc4c(c3)CCC(=O)N4)CC2)cc1.Nc1ccc(C2=CCN(C(=O)/C=C/c3cnc4c(c3)CCC(=O)N4)CC2)cc1. The Morgan fingerprint density at radius 1 is 0.661 bits per heavy atom. The maximum atomic E-state index is 12.6. The van der Waals surface area contributed by atoms with E-state index in [9.17, 15) is 24.0 Å². The number of nitrogens with one attached hydrogen (secondary N) is 3. The van der Waals surface area contributed by atoms with Crippen molar-refractivity contribution in [2.75, 3.05) is 47.9 Å². The number of nitrogens with zero attached hydrogens (tertiary/aromatic N) is 4. The molecule has 0 aliphatic carbocycles. The summed E-state index contributed by atoms with van der Waals surface area (Å²) in [7, 11) is 0. The van der Waals surface area contributed by atoms with Gasteiger partial charge in [0.2, 0.25) is 29.5 Å². The predicted molar refractivity (Wildman–Crippen MR) is 230 cm³/mol. The van der Waals surface area contributed by atoms with E-state index in [1.54, 1.807) is 41.6 Å². The fraction of sp³-hybridized carbons (Fsp3) is 0.239. The van der Waals surface area contributed by atoms with Gasteiger partial charge in [0.05, 0.1) is 0 Å². The topological polar surface area (TPSA) is 180 Å². The Labute approximate surface area is 342 Å². The lowest BCUT2D eigenvalue weighted by atomic mass is 9.99. The molecule has 59 heavy (non-hydrogen) atoms. The summed E-state index contributed by atoms with van der Waals surface area (Å²) >= 11 is 0. The molecule has 4 aliphatic heterocycles. The minimum Gasteiger partial charge on any atom is -0.399 e. The van der Waals surface area contributed by atoms with Crippen molar-refractivity contribution in [2.45, 2.75) is 45.4 Å². The number of rotatable bonds is 7. The smallest absolute Gasteiger partial charge is 0.246 e. The number of hydrogen-bond donors (Lipinski definition) is 4. The Morgan fingerprint density at radius 3 is 1.54 bits per heavy atom. The van der Waals surface area contributed by atoms with Gasteiger partial charge in [-0.2, -0.15) is 0 Å². The third-order valence-corrected chi connectivity index (χ3v) is 10.5. The molecule has 0 bridgehead atoms. The summed E-state index contributed by atoms with van der Waals surface area (Å²) in [4.78, 5) is 71.3. The molecule has 5 N–H and O–H groups in total. The van der Waals surface area contributed by atoms with Crippen LogP contribution in [-0.4, -0.2) is 75.5 Å². The van der Waals surface area contributed by atoms with Gasteiger partial charge in [0, 0.05) is 81.9 Å². The lowest BCUT2D eigenvalue weighted by Crippen LogP contribution is -2.33. The number of nitrogen functional groups attached to an aromatic ring is 1. The summed E-state index contributed by atoms with van der Waals surface area (Å²) in [6, 6.07) is 19.5. The molecule has 300 valence electrons. The van der Waals surface area contributed by atoms with E-state index in [2.05, 4.69) is 38.1 Å². The first-order valence-electron chi connectivity index (χ1n) is 19.7. The van der Waals surface area contributed by atoms with Gasteiger partial charge in [-0.3, -0.25) is 24.0 Å². The number of amides is 5. The van der Waals surface area contributed by atoms with Gasteiger partial charge in [-0.1, -0.05) is 36.4 Å². The molecule has 0 saturated carbocycles. The fourth-order valence-corrected chi connectivity index (χ4v) is 7.21. The van der Waals surface area contributed by atoms with Gasteiger partial charge in [0.25, 0.3) is 0 Å². The minimum atomic E-state index is -0.0928. The summed E-state index contributed by atoms with van der Waals surface area (Å²) in [5.74, 6) is 1.06. The van der Waals surface area contributed by atoms with Gasteiger partial charge in [-0.05, 0) is 119 Å². The Hall–Kier alpha value is -7.15. The van der Waals surface area contributed by atoms with Gasteiger partial charge in [0.1, 0.15) is 11.6 Å². The monoisotopic (exact) mass is 790 g/mol. The number of hydrogen-bond acceptors (Lipinski definition) is 8. The average Bonchev–Trinajstić information content (AvgIpc) is 3.25. The highest BCUT2D eigenvalue weighted by atomic mass is 16.2. The van der Waals surface area contributed by atoms with Crippen molar-refractivity contribution in [3.63, 3.8) is 0 Å². The fourth-order valence-electron chi connectivity index (χ4n) is 7.21. The molecular formula is C46H46N8O5. The average molecular weight is 791 g/mol. The second-order valence-corrected chi connectivity index (χ2v) is 14.7. The molecule has 0 fully saturated rings. The zero-order chi connectivity index (χ0) is 41.3. The molecule has 4 aliphatic rings. The van der Waals surface area contributed by atoms with Crippen molar-refractivity contribution < 1.29 is 24.0 Å². The number of aromatic nitrogens is 2. The lowest BCUT2D eigenvalue weighted by molar-refractivity contribution is -0.126. The van der Waals surface area contributed by atoms with Crippen LogP contribution in [0.15, 0.2) is 97.4 Å². The van der Waals surface area contributed by atoms with Crippen LogP contribution in [0.25, 0.3) is 23.3 Å². The summed E-state index contributed by atoms with van der Waals surface area (Å²) in [6.07, 6.45) is 18.1. The predicted octanol–water partition coefficient (Wildman–Crippen LogP) is 6.13. The number of aryl methyl sites for hydroxylation is 2. The van der Waals surface area contributed by atoms with E-state index in [1.807, 2.05) is 65.6 Å². The zero-order valence-electron chi connectivity index (χ0n) is 32.9. The van der Waals surface area contributed by atoms with E-state index in [0.717, 1.165) is 57.6 Å². The number of anilines is 4. The van der Waals surface area contributed by atoms with Gasteiger partial charge < -0.3 is 31.5 Å². The van der Waals surface area contributed by atoms with E-state index in [0.29, 0.717) is 63.5 Å². The first-order valence-corrected chi connectivity index (χ1v) is 19.7. The molecule has 0 atom stereocenters. The molecule has 13 nitrogen and oxygen atoms in total. The van der Waals surface area contributed by atoms with Gasteiger partial charge >= 0.3 is 0 Å². The standard InChI is InChI=1S/C24H24N4O3.C22H22N4O2/c1-16(29)26-21-6-3-18(4-7-21)19-10-12-28(13-11-19)23(31)9-2-17-14-20-5-8-22(30)27-24(20)25-15-17;23-19-5-2-16(3-6-19)17-9-11-26(12-10-17)21(28)8-1-15-13-18-4-7-20(27)25-22(18)24-14-15/h2-4,6-7,9-10,14-15H,5,8,11-13H2,1H3,(H,26,29)(H,25,27,30);1-3,5-6,8-9,13-14H,4,7,10-12,23H2,(H,24,25,27)/b9-2+;8-1+. The summed E-state index contributed by atoms with van der Waals surface area (Å²) in [5, 5.41) is 8.28. The quantitative estimate of drug-likeness (QED) is 0.128. The zero-order valence-corrected chi connectivity index (χ0v) is 32.9. The molecule has 8 rings (SSSR count). The normalized spacial score (nSPS) is 16.2. The molecule has 4 aromatic rings. The van der Waals surface area contributed by atoms with Gasteiger partial charge in [0.15, 0.2) is 0 Å². The largest absolute Gasteiger partial charge is 0.399 e. The summed E-state index contributed by atoms with van der Waals surface area (Å²) in [6.45, 7) is 3.97. The molecule has 13 heteroatoms. The summed E-state index contributed by atoms with van der Waals surface area (Å²) in [5.41, 5.74) is 15.7. The lowest BCUT2D eigenvalue weighted by Gasteiger charge is -2.25. The molecular weight excluding hydrogens is 745 g/mol. The molecule has 2 aromatic heterocycles. The van der Waals surface area contributed by atoms with E-state index < -0.39 is 0 Å². The molecule has 2 aromatic carbocycles. The first-order chi connectivity index (χ1) is 28.6. The van der Waals surface area contributed by atoms with Crippen molar-refractivity contribution in [2.24, 2.45) is 0 Å². The number of carbonyl (C=O) groups is 5. The van der Waals surface area contributed by atoms with Crippen LogP contribution in [0.3, 0.4) is 0 Å². The Balaban J connectivity index is 0.000000180. The van der Waals surface area contributed by atoms with Crippen molar-refractivity contribution >= 4 is 75.8 Å². The van der Waals surface area contributed by atoms with E-state index in [-0.39, 0.29) is 29.5 Å². The van der Waals surface area contributed by atoms with Crippen LogP contribution < -0.4 is 21.7 Å². The van der Waals surface area contributed by atoms with Crippen LogP contribution in [0.1, 0.15) is 66.0 Å². The second kappa shape index (κ2) is 18.4. The Kier molecular flexibility index (Phi) is 12.5. The van der Waals surface area contributed by atoms with Gasteiger partial charge in [-0.15, -0.1) is 0 Å². The minimum absolute atomic E-state index is 0.00466. The van der Waals surface area contributed by atoms with Crippen LogP contribution in [0.2, 0.25) is 0 Å². The van der Waals surface area contributed by atoms with E-state index >= 15 is 0 Å². The molecule has 0 spiro atoms. The van der Waals surface area contributed by atoms with Crippen molar-refractivity contribution in [1.82, 2.24) is 19.8 Å². The highest BCUT2D eigenvalue weighted by molar-refractivity contribution is 5.95. The maximum absolute atomic E-state index is 12.6. The molecule has 0 radical (unpaired) electrons. The highest BCUT2D eigenvalue weighted by Crippen LogP contribution is 2.26. The third kappa shape index (κ3) is 10.6. The van der Waals surface area contributed by atoms with Crippen LogP contribution in [0.5, 0.6) is 0 Å². The van der Waals surface area contributed by atoms with E-state index in [1.165, 1.54) is 18.1 Å². The van der Waals surface area contributed by atoms with Crippen LogP contribution >= 0.6 is 0 Å². The second-order valence-electron chi connectivity index (χ2n) is 14.7. The number of pyridine rings is 2. The summed E-state index contributed by atoms with van der Waals surface area (Å²) < 4.78 is 0. The van der Waals surface area contributed by atoms with Crippen molar-refractivity contribution in [1.29, 1.82) is 0 Å². The van der Waals surface area contributed by atoms with Crippen molar-refractivity contribution in [3.05, 3.63) is 131 Å². The Bertz CT molecular complexity index is 2400. The third-order valence-electron chi connectivity index (χ3n) is 10.5. The molecule has 6 heterocycles. The maximum Gasteiger partial charge on any atom is 0.246 e. The molecule has 0 saturated heterocycles. The van der Waals surface area contributed by atoms with Crippen molar-refractivity contribution in [3.8, 4) is 0 Å². The number of carbonyl (C=O) groups excluding carboxylic acids is 5. The van der Waals surface area contributed by atoms with E-state index in [4.69, 9.17) is 5.73 Å². The van der Waals surface area contributed by atoms with Crippen LogP contribution in [0.4, 0.5) is 23.0 Å². The van der Waals surface area contributed by atoms with Crippen LogP contribution in [0, 0.1) is 0 Å². The molecule has 0 unspecified atom stereocenters. The number of nitrogens with two attached hydrogens (primary N) is 1. The Morgan fingerprint density at radius 2 is 1.12 bits per heavy atom. The number of fused-ring (bicyclic) bond motifs is 2. The molecule has 5 amide bonds. The van der Waals surface area contributed by atoms with Gasteiger partial charge in [-0.25, -0.2) is 9.97 Å². The first kappa shape index (κ1) is 40.1. The number of benzene rings is 2.